The molecular formula is C31H33ClFN7O3. The number of fused-ring (bicyclic) bond motifs is 1. The Bertz CT molecular complexity index is 1760. The van der Waals surface area contributed by atoms with Crippen LogP contribution in [-0.4, -0.2) is 66.1 Å². The number of carbonyl (C=O) groups is 1. The Morgan fingerprint density at radius 1 is 1.14 bits per heavy atom. The first-order chi connectivity index (χ1) is 20.4. The first-order valence-electron chi connectivity index (χ1n) is 14.1. The van der Waals surface area contributed by atoms with Gasteiger partial charge in [-0.2, -0.15) is 4.98 Å². The van der Waals surface area contributed by atoms with E-state index in [1.165, 1.54) is 35.2 Å². The highest BCUT2D eigenvalue weighted by molar-refractivity contribution is 6.34. The summed E-state index contributed by atoms with van der Waals surface area (Å²) in [6, 6.07) is 5.30. The molecule has 1 atom stereocenters. The molecule has 5 rings (SSSR count). The quantitative estimate of drug-likeness (QED) is 0.298. The third kappa shape index (κ3) is 5.33. The fourth-order valence-corrected chi connectivity index (χ4v) is 5.78. The number of phenolic OH excluding ortho intramolecular Hbond substituents is 1. The van der Waals surface area contributed by atoms with Crippen molar-refractivity contribution in [1.82, 2.24) is 29.4 Å². The molecule has 0 bridgehead atoms. The first kappa shape index (κ1) is 30.1. The molecule has 4 heterocycles. The SMILES string of the molecule is C=CC(=O)N1CCN(c2nc(=O)n(-c3c(C(C)C)ncnc3C(C)C)c3nc(-c4c(O)cccc4F)c(Cl)cc23)[C@@H](C)C1. The Morgan fingerprint density at radius 2 is 1.81 bits per heavy atom. The molecule has 1 aliphatic rings. The van der Waals surface area contributed by atoms with Gasteiger partial charge in [0.15, 0.2) is 5.65 Å². The highest BCUT2D eigenvalue weighted by Gasteiger charge is 2.31. The van der Waals surface area contributed by atoms with Crippen LogP contribution in [0, 0.1) is 5.82 Å². The second kappa shape index (κ2) is 11.7. The first-order valence-corrected chi connectivity index (χ1v) is 14.5. The zero-order valence-corrected chi connectivity index (χ0v) is 25.4. The van der Waals surface area contributed by atoms with Gasteiger partial charge in [-0.05, 0) is 43.0 Å². The molecule has 4 aromatic rings. The lowest BCUT2D eigenvalue weighted by atomic mass is 10.0. The molecule has 0 unspecified atom stereocenters. The summed E-state index contributed by atoms with van der Waals surface area (Å²) < 4.78 is 16.5. The van der Waals surface area contributed by atoms with Gasteiger partial charge in [-0.3, -0.25) is 4.79 Å². The van der Waals surface area contributed by atoms with Crippen molar-refractivity contribution in [2.24, 2.45) is 0 Å². The molecular weight excluding hydrogens is 573 g/mol. The Hall–Kier alpha value is -4.38. The number of aromatic hydroxyl groups is 1. The third-order valence-electron chi connectivity index (χ3n) is 7.61. The molecule has 10 nitrogen and oxygen atoms in total. The Morgan fingerprint density at radius 3 is 2.40 bits per heavy atom. The van der Waals surface area contributed by atoms with E-state index in [2.05, 4.69) is 21.5 Å². The molecule has 0 saturated carbocycles. The fraction of sp³-hybridized carbons (Fsp3) is 0.355. The van der Waals surface area contributed by atoms with Gasteiger partial charge >= 0.3 is 5.69 Å². The number of carbonyl (C=O) groups excluding carboxylic acids is 1. The molecule has 0 aliphatic carbocycles. The van der Waals surface area contributed by atoms with E-state index >= 15 is 4.39 Å². The number of pyridine rings is 1. The number of piperazine rings is 1. The maximum atomic E-state index is 15.1. The molecule has 1 N–H and O–H groups in total. The molecule has 12 heteroatoms. The van der Waals surface area contributed by atoms with Crippen molar-refractivity contribution in [2.45, 2.75) is 52.5 Å². The maximum absolute atomic E-state index is 15.1. The zero-order valence-electron chi connectivity index (χ0n) is 24.7. The van der Waals surface area contributed by atoms with Crippen molar-refractivity contribution in [2.75, 3.05) is 24.5 Å². The minimum atomic E-state index is -0.720. The number of halogens is 2. The van der Waals surface area contributed by atoms with Crippen molar-refractivity contribution in [3.05, 3.63) is 76.0 Å². The monoisotopic (exact) mass is 605 g/mol. The highest BCUT2D eigenvalue weighted by atomic mass is 35.5. The van der Waals surface area contributed by atoms with Gasteiger partial charge in [0.25, 0.3) is 0 Å². The van der Waals surface area contributed by atoms with Gasteiger partial charge in [-0.25, -0.2) is 28.7 Å². The Balaban J connectivity index is 1.86. The molecule has 1 fully saturated rings. The van der Waals surface area contributed by atoms with Crippen LogP contribution in [0.3, 0.4) is 0 Å². The van der Waals surface area contributed by atoms with Crippen LogP contribution in [-0.2, 0) is 4.79 Å². The highest BCUT2D eigenvalue weighted by Crippen LogP contribution is 2.39. The molecule has 1 aliphatic heterocycles. The van der Waals surface area contributed by atoms with Crippen LogP contribution in [0.25, 0.3) is 28.0 Å². The summed E-state index contributed by atoms with van der Waals surface area (Å²) in [6.07, 6.45) is 2.75. The average Bonchev–Trinajstić information content (AvgIpc) is 2.96. The number of hydrogen-bond donors (Lipinski definition) is 1. The van der Waals surface area contributed by atoms with Crippen molar-refractivity contribution in [3.63, 3.8) is 0 Å². The van der Waals surface area contributed by atoms with Crippen LogP contribution >= 0.6 is 11.6 Å². The molecule has 0 radical (unpaired) electrons. The fourth-order valence-electron chi connectivity index (χ4n) is 5.53. The Kier molecular flexibility index (Phi) is 8.20. The predicted octanol–water partition coefficient (Wildman–Crippen LogP) is 5.21. The van der Waals surface area contributed by atoms with Gasteiger partial charge in [-0.15, -0.1) is 0 Å². The number of hydrogen-bond acceptors (Lipinski definition) is 8. The molecule has 1 aromatic carbocycles. The van der Waals surface area contributed by atoms with Gasteiger partial charge in [0.1, 0.15) is 23.7 Å². The van der Waals surface area contributed by atoms with E-state index in [1.54, 1.807) is 11.0 Å². The summed E-state index contributed by atoms with van der Waals surface area (Å²) in [5.74, 6) is -1.08. The average molecular weight is 606 g/mol. The number of aromatic nitrogens is 5. The summed E-state index contributed by atoms with van der Waals surface area (Å²) in [4.78, 5) is 48.4. The lowest BCUT2D eigenvalue weighted by Gasteiger charge is -2.40. The van der Waals surface area contributed by atoms with Crippen molar-refractivity contribution >= 4 is 34.4 Å². The Labute approximate surface area is 253 Å². The second-order valence-corrected chi connectivity index (χ2v) is 11.6. The summed E-state index contributed by atoms with van der Waals surface area (Å²) >= 11 is 6.75. The standard InChI is InChI=1S/C31H33ClFN7O3/c1-7-23(42)38-11-12-39(18(6)14-38)29-19-13-20(32)27(24-21(33)9-8-10-22(24)41)36-30(19)40(31(43)37-29)28-25(16(2)3)34-15-35-26(28)17(4)5/h7-10,13,15-18,41H,1,11-12,14H2,2-6H3/t18-/m0/s1. The number of anilines is 1. The molecule has 1 amide bonds. The minimum Gasteiger partial charge on any atom is -0.507 e. The van der Waals surface area contributed by atoms with E-state index in [1.807, 2.05) is 39.5 Å². The molecule has 43 heavy (non-hydrogen) atoms. The smallest absolute Gasteiger partial charge is 0.355 e. The topological polar surface area (TPSA) is 117 Å². The van der Waals surface area contributed by atoms with Crippen molar-refractivity contribution in [3.8, 4) is 22.7 Å². The maximum Gasteiger partial charge on any atom is 0.355 e. The van der Waals surface area contributed by atoms with E-state index in [0.29, 0.717) is 47.9 Å². The van der Waals surface area contributed by atoms with Crippen LogP contribution < -0.4 is 10.6 Å². The van der Waals surface area contributed by atoms with Gasteiger partial charge in [0.05, 0.1) is 38.7 Å². The largest absolute Gasteiger partial charge is 0.507 e. The number of phenols is 1. The van der Waals surface area contributed by atoms with E-state index in [9.17, 15) is 14.7 Å². The predicted molar refractivity (Wildman–Crippen MR) is 165 cm³/mol. The summed E-state index contributed by atoms with van der Waals surface area (Å²) in [6.45, 7) is 14.5. The summed E-state index contributed by atoms with van der Waals surface area (Å²) in [5.41, 5.74) is 1.01. The van der Waals surface area contributed by atoms with Crippen LogP contribution in [0.5, 0.6) is 5.75 Å². The van der Waals surface area contributed by atoms with Crippen LogP contribution in [0.4, 0.5) is 10.2 Å². The van der Waals surface area contributed by atoms with Crippen LogP contribution in [0.1, 0.15) is 57.8 Å². The van der Waals surface area contributed by atoms with Gasteiger partial charge in [-0.1, -0.05) is 51.9 Å². The summed E-state index contributed by atoms with van der Waals surface area (Å²) in [7, 11) is 0. The lowest BCUT2D eigenvalue weighted by Crippen LogP contribution is -2.54. The van der Waals surface area contributed by atoms with Gasteiger partial charge in [0.2, 0.25) is 5.91 Å². The van der Waals surface area contributed by atoms with Gasteiger partial charge in [0, 0.05) is 25.7 Å². The van der Waals surface area contributed by atoms with E-state index in [0.717, 1.165) is 0 Å². The van der Waals surface area contributed by atoms with Crippen LogP contribution in [0.15, 0.2) is 48.0 Å². The molecule has 224 valence electrons. The number of benzene rings is 1. The van der Waals surface area contributed by atoms with Gasteiger partial charge < -0.3 is 14.9 Å². The number of nitrogens with zero attached hydrogens (tertiary/aromatic N) is 7. The molecule has 0 spiro atoms. The lowest BCUT2D eigenvalue weighted by molar-refractivity contribution is -0.126. The second-order valence-electron chi connectivity index (χ2n) is 11.2. The molecule has 3 aromatic heterocycles. The summed E-state index contributed by atoms with van der Waals surface area (Å²) in [5, 5.41) is 11.1. The number of rotatable bonds is 6. The zero-order chi connectivity index (χ0) is 31.2. The minimum absolute atomic E-state index is 0.0291. The van der Waals surface area contributed by atoms with E-state index in [4.69, 9.17) is 16.6 Å². The van der Waals surface area contributed by atoms with Crippen LogP contribution in [0.2, 0.25) is 5.02 Å². The van der Waals surface area contributed by atoms with E-state index in [-0.39, 0.29) is 51.5 Å². The normalized spacial score (nSPS) is 15.5. The number of amides is 1. The van der Waals surface area contributed by atoms with Crippen molar-refractivity contribution < 1.29 is 14.3 Å². The van der Waals surface area contributed by atoms with Crippen molar-refractivity contribution in [1.29, 1.82) is 0 Å². The van der Waals surface area contributed by atoms with E-state index < -0.39 is 11.5 Å². The third-order valence-corrected chi connectivity index (χ3v) is 7.90. The molecule has 1 saturated heterocycles.